The highest BCUT2D eigenvalue weighted by atomic mass is 32.2. The highest BCUT2D eigenvalue weighted by molar-refractivity contribution is 7.99. The van der Waals surface area contributed by atoms with Gasteiger partial charge in [-0.05, 0) is 36.8 Å². The maximum absolute atomic E-state index is 13.7. The fraction of sp³-hybridized carbons (Fsp3) is 0.455. The van der Waals surface area contributed by atoms with Crippen molar-refractivity contribution in [2.75, 3.05) is 45.2 Å². The molecule has 3 rings (SSSR count). The van der Waals surface area contributed by atoms with Gasteiger partial charge >= 0.3 is 6.18 Å². The van der Waals surface area contributed by atoms with Gasteiger partial charge < -0.3 is 9.47 Å². The average molecular weight is 452 g/mol. The summed E-state index contributed by atoms with van der Waals surface area (Å²) in [5.41, 5.74) is -0.664. The van der Waals surface area contributed by atoms with Crippen LogP contribution in [0.1, 0.15) is 24.5 Å². The summed E-state index contributed by atoms with van der Waals surface area (Å²) in [4.78, 5) is 6.61. The first-order valence-electron chi connectivity index (χ1n) is 10.1. The number of nitriles is 1. The third kappa shape index (κ3) is 6.35. The van der Waals surface area contributed by atoms with Gasteiger partial charge in [-0.2, -0.15) is 18.4 Å². The van der Waals surface area contributed by atoms with Crippen LogP contribution in [0.4, 0.5) is 13.2 Å². The molecule has 166 valence electrons. The number of alkyl halides is 3. The van der Waals surface area contributed by atoms with Gasteiger partial charge in [-0.25, -0.2) is 4.98 Å². The van der Waals surface area contributed by atoms with Crippen LogP contribution in [0.2, 0.25) is 0 Å². The van der Waals surface area contributed by atoms with Crippen LogP contribution in [-0.2, 0) is 10.9 Å². The van der Waals surface area contributed by atoms with Crippen LogP contribution in [0, 0.1) is 11.3 Å². The van der Waals surface area contributed by atoms with E-state index in [9.17, 15) is 18.4 Å². The summed E-state index contributed by atoms with van der Waals surface area (Å²) in [5, 5.41) is 9.55. The van der Waals surface area contributed by atoms with E-state index in [4.69, 9.17) is 9.47 Å². The molecule has 1 aromatic carbocycles. The molecule has 0 aliphatic carbocycles. The fourth-order valence-corrected chi connectivity index (χ4v) is 4.15. The number of morpholine rings is 1. The van der Waals surface area contributed by atoms with Crippen molar-refractivity contribution in [2.24, 2.45) is 0 Å². The van der Waals surface area contributed by atoms with E-state index in [0.29, 0.717) is 43.4 Å². The lowest BCUT2D eigenvalue weighted by Crippen LogP contribution is -2.37. The van der Waals surface area contributed by atoms with E-state index >= 15 is 0 Å². The summed E-state index contributed by atoms with van der Waals surface area (Å²) >= 11 is 1.18. The van der Waals surface area contributed by atoms with Crippen molar-refractivity contribution in [3.8, 4) is 23.1 Å². The number of thioether (sulfide) groups is 1. The summed E-state index contributed by atoms with van der Waals surface area (Å²) < 4.78 is 51.9. The van der Waals surface area contributed by atoms with Gasteiger partial charge in [0.05, 0.1) is 36.6 Å². The second kappa shape index (κ2) is 10.8. The van der Waals surface area contributed by atoms with Crippen LogP contribution in [0.25, 0.3) is 11.3 Å². The molecule has 2 heterocycles. The summed E-state index contributed by atoms with van der Waals surface area (Å²) in [6.45, 7) is 6.13. The van der Waals surface area contributed by atoms with E-state index in [1.54, 1.807) is 30.3 Å². The molecule has 0 saturated carbocycles. The first-order chi connectivity index (χ1) is 14.9. The lowest BCUT2D eigenvalue weighted by molar-refractivity contribution is -0.138. The van der Waals surface area contributed by atoms with Gasteiger partial charge in [0, 0.05) is 31.0 Å². The lowest BCUT2D eigenvalue weighted by atomic mass is 10.1. The zero-order valence-electron chi connectivity index (χ0n) is 17.2. The standard InChI is InChI=1S/C22H24F3N3O2S/c1-2-10-30-17-5-3-16(4-6-17)20-14-19(22(23,24)25)18(15-26)21(27-20)31-13-9-28-7-11-29-12-8-28/h3-6,14H,2,7-13H2,1H3. The van der Waals surface area contributed by atoms with Gasteiger partial charge in [0.1, 0.15) is 16.8 Å². The smallest absolute Gasteiger partial charge is 0.417 e. The van der Waals surface area contributed by atoms with Crippen molar-refractivity contribution < 1.29 is 22.6 Å². The maximum atomic E-state index is 13.7. The minimum Gasteiger partial charge on any atom is -0.494 e. The largest absolute Gasteiger partial charge is 0.494 e. The number of pyridine rings is 1. The molecule has 1 aliphatic heterocycles. The molecular weight excluding hydrogens is 427 g/mol. The first kappa shape index (κ1) is 23.4. The van der Waals surface area contributed by atoms with Gasteiger partial charge in [-0.3, -0.25) is 4.90 Å². The molecular formula is C22H24F3N3O2S. The van der Waals surface area contributed by atoms with E-state index in [-0.39, 0.29) is 10.7 Å². The molecule has 1 fully saturated rings. The summed E-state index contributed by atoms with van der Waals surface area (Å²) in [6, 6.07) is 9.45. The molecule has 0 N–H and O–H groups in total. The lowest BCUT2D eigenvalue weighted by Gasteiger charge is -2.26. The molecule has 0 spiro atoms. The maximum Gasteiger partial charge on any atom is 0.417 e. The highest BCUT2D eigenvalue weighted by Crippen LogP contribution is 2.38. The predicted molar refractivity (Wildman–Crippen MR) is 113 cm³/mol. The quantitative estimate of drug-likeness (QED) is 0.535. The predicted octanol–water partition coefficient (Wildman–Crippen LogP) is 4.85. The Morgan fingerprint density at radius 3 is 2.55 bits per heavy atom. The molecule has 2 aromatic rings. The zero-order chi connectivity index (χ0) is 22.3. The van der Waals surface area contributed by atoms with E-state index in [2.05, 4.69) is 9.88 Å². The van der Waals surface area contributed by atoms with Crippen LogP contribution in [-0.4, -0.2) is 55.1 Å². The molecule has 0 atom stereocenters. The third-order valence-electron chi connectivity index (χ3n) is 4.78. The number of benzene rings is 1. The van der Waals surface area contributed by atoms with Crippen LogP contribution in [0.15, 0.2) is 35.4 Å². The van der Waals surface area contributed by atoms with E-state index in [0.717, 1.165) is 25.6 Å². The molecule has 0 radical (unpaired) electrons. The van der Waals surface area contributed by atoms with Crippen LogP contribution in [0.5, 0.6) is 5.75 Å². The Morgan fingerprint density at radius 1 is 1.23 bits per heavy atom. The highest BCUT2D eigenvalue weighted by Gasteiger charge is 2.36. The summed E-state index contributed by atoms with van der Waals surface area (Å²) in [7, 11) is 0. The van der Waals surface area contributed by atoms with Gasteiger partial charge in [0.2, 0.25) is 0 Å². The average Bonchev–Trinajstić information content (AvgIpc) is 2.77. The SMILES string of the molecule is CCCOc1ccc(-c2cc(C(F)(F)F)c(C#N)c(SCCN3CCOCC3)n2)cc1. The summed E-state index contributed by atoms with van der Waals surface area (Å²) in [6.07, 6.45) is -3.79. The van der Waals surface area contributed by atoms with Crippen molar-refractivity contribution in [1.29, 1.82) is 5.26 Å². The number of ether oxygens (including phenoxy) is 2. The number of hydrogen-bond acceptors (Lipinski definition) is 6. The Kier molecular flexibility index (Phi) is 8.18. The molecule has 31 heavy (non-hydrogen) atoms. The van der Waals surface area contributed by atoms with E-state index in [1.807, 2.05) is 6.92 Å². The molecule has 0 unspecified atom stereocenters. The van der Waals surface area contributed by atoms with Gasteiger partial charge in [0.25, 0.3) is 0 Å². The number of hydrogen-bond donors (Lipinski definition) is 0. The molecule has 0 bridgehead atoms. The second-order valence-corrected chi connectivity index (χ2v) is 8.10. The van der Waals surface area contributed by atoms with Crippen molar-refractivity contribution in [3.63, 3.8) is 0 Å². The van der Waals surface area contributed by atoms with Crippen molar-refractivity contribution in [2.45, 2.75) is 24.5 Å². The second-order valence-electron chi connectivity index (χ2n) is 7.02. The van der Waals surface area contributed by atoms with Gasteiger partial charge in [0.15, 0.2) is 0 Å². The number of halogens is 3. The molecule has 5 nitrogen and oxygen atoms in total. The minimum absolute atomic E-state index is 0.104. The van der Waals surface area contributed by atoms with E-state index in [1.165, 1.54) is 11.8 Å². The van der Waals surface area contributed by atoms with E-state index < -0.39 is 17.3 Å². The zero-order valence-corrected chi connectivity index (χ0v) is 18.1. The normalized spacial score (nSPS) is 14.9. The monoisotopic (exact) mass is 451 g/mol. The first-order valence-corrected chi connectivity index (χ1v) is 11.1. The van der Waals surface area contributed by atoms with Crippen molar-refractivity contribution >= 4 is 11.8 Å². The Hall–Kier alpha value is -2.28. The van der Waals surface area contributed by atoms with Crippen LogP contribution in [0.3, 0.4) is 0 Å². The molecule has 1 saturated heterocycles. The fourth-order valence-electron chi connectivity index (χ4n) is 3.14. The summed E-state index contributed by atoms with van der Waals surface area (Å²) in [5.74, 6) is 1.18. The van der Waals surface area contributed by atoms with Crippen molar-refractivity contribution in [3.05, 3.63) is 41.5 Å². The Balaban J connectivity index is 1.87. The number of nitrogens with zero attached hydrogens (tertiary/aromatic N) is 3. The van der Waals surface area contributed by atoms with Crippen LogP contribution < -0.4 is 4.74 Å². The molecule has 9 heteroatoms. The minimum atomic E-state index is -4.65. The third-order valence-corrected chi connectivity index (χ3v) is 5.73. The molecule has 1 aliphatic rings. The topological polar surface area (TPSA) is 58.4 Å². The van der Waals surface area contributed by atoms with Gasteiger partial charge in [-0.1, -0.05) is 6.92 Å². The molecule has 0 amide bonds. The Bertz CT molecular complexity index is 908. The Labute approximate surface area is 184 Å². The van der Waals surface area contributed by atoms with Crippen molar-refractivity contribution in [1.82, 2.24) is 9.88 Å². The number of aromatic nitrogens is 1. The number of rotatable bonds is 8. The van der Waals surface area contributed by atoms with Crippen LogP contribution >= 0.6 is 11.8 Å². The van der Waals surface area contributed by atoms with Gasteiger partial charge in [-0.15, -0.1) is 11.8 Å². The Morgan fingerprint density at radius 2 is 1.94 bits per heavy atom. The molecule has 1 aromatic heterocycles.